The van der Waals surface area contributed by atoms with Gasteiger partial charge in [-0.15, -0.1) is 0 Å². The van der Waals surface area contributed by atoms with Crippen LogP contribution in [0.5, 0.6) is 0 Å². The highest BCUT2D eigenvalue weighted by Gasteiger charge is 2.60. The molecule has 1 amide bonds. The second kappa shape index (κ2) is 15.2. The van der Waals surface area contributed by atoms with E-state index in [1.165, 1.54) is 6.92 Å². The van der Waals surface area contributed by atoms with E-state index in [9.17, 15) is 9.90 Å². The number of rotatable bonds is 17. The molecule has 11 heteroatoms. The van der Waals surface area contributed by atoms with E-state index in [1.807, 2.05) is 30.3 Å². The number of carbonyl (C=O) groups is 1. The van der Waals surface area contributed by atoms with Gasteiger partial charge in [-0.3, -0.25) is 4.79 Å². The zero-order chi connectivity index (χ0) is 27.4. The molecule has 0 bridgehead atoms. The van der Waals surface area contributed by atoms with Gasteiger partial charge in [-0.05, 0) is 26.3 Å². The largest absolute Gasteiger partial charge is 0.377 e. The summed E-state index contributed by atoms with van der Waals surface area (Å²) in [5, 5.41) is 13.2. The van der Waals surface area contributed by atoms with Crippen LogP contribution < -0.4 is 5.32 Å². The summed E-state index contributed by atoms with van der Waals surface area (Å²) < 4.78 is 45.8. The van der Waals surface area contributed by atoms with Crippen molar-refractivity contribution in [1.82, 2.24) is 5.32 Å². The van der Waals surface area contributed by atoms with E-state index < -0.39 is 35.9 Å². The second-order valence-corrected chi connectivity index (χ2v) is 10.00. The molecule has 2 heterocycles. The van der Waals surface area contributed by atoms with Crippen LogP contribution in [0.4, 0.5) is 0 Å². The number of fused-ring (bicyclic) bond motifs is 1. The van der Waals surface area contributed by atoms with Crippen molar-refractivity contribution in [3.8, 4) is 0 Å². The highest BCUT2D eigenvalue weighted by molar-refractivity contribution is 5.73. The van der Waals surface area contributed by atoms with Crippen LogP contribution in [0.3, 0.4) is 0 Å². The van der Waals surface area contributed by atoms with Gasteiger partial charge < -0.3 is 48.3 Å². The fraction of sp³-hybridized carbons (Fsp3) is 0.741. The number of ether oxygens (including phenoxy) is 8. The highest BCUT2D eigenvalue weighted by atomic mass is 16.8. The van der Waals surface area contributed by atoms with Crippen molar-refractivity contribution in [2.24, 2.45) is 0 Å². The highest BCUT2D eigenvalue weighted by Crippen LogP contribution is 2.42. The number of amides is 1. The second-order valence-electron chi connectivity index (χ2n) is 10.00. The maximum atomic E-state index is 11.6. The number of carbonyl (C=O) groups excluding carboxylic acids is 1. The Morgan fingerprint density at radius 2 is 1.39 bits per heavy atom. The van der Waals surface area contributed by atoms with Crippen LogP contribution in [0.2, 0.25) is 0 Å². The lowest BCUT2D eigenvalue weighted by molar-refractivity contribution is -0.279. The Labute approximate surface area is 224 Å². The number of benzene rings is 1. The fourth-order valence-electron chi connectivity index (χ4n) is 4.42. The SMILES string of the molecule is CC(=O)N[C@@H]1[C@H]2OC(C)(C)O[C@H]2[C@@](C)(COCCOCCOCCOCCOCc2ccccc2)O[C@@H]1O. The topological polar surface area (TPSA) is 123 Å². The lowest BCUT2D eigenvalue weighted by Crippen LogP contribution is -2.67. The van der Waals surface area contributed by atoms with E-state index in [2.05, 4.69) is 5.32 Å². The maximum absolute atomic E-state index is 11.6. The molecule has 0 spiro atoms. The predicted molar refractivity (Wildman–Crippen MR) is 136 cm³/mol. The monoisotopic (exact) mass is 541 g/mol. The molecule has 38 heavy (non-hydrogen) atoms. The summed E-state index contributed by atoms with van der Waals surface area (Å²) in [7, 11) is 0. The third-order valence-corrected chi connectivity index (χ3v) is 6.14. The zero-order valence-electron chi connectivity index (χ0n) is 22.9. The van der Waals surface area contributed by atoms with Gasteiger partial charge >= 0.3 is 0 Å². The Bertz CT molecular complexity index is 825. The zero-order valence-corrected chi connectivity index (χ0v) is 22.9. The lowest BCUT2D eigenvalue weighted by atomic mass is 9.87. The third kappa shape index (κ3) is 9.82. The lowest BCUT2D eigenvalue weighted by Gasteiger charge is -2.46. The summed E-state index contributed by atoms with van der Waals surface area (Å²) in [5.74, 6) is -1.17. The van der Waals surface area contributed by atoms with Crippen molar-refractivity contribution in [2.75, 3.05) is 59.5 Å². The van der Waals surface area contributed by atoms with Crippen molar-refractivity contribution >= 4 is 5.91 Å². The molecule has 1 aromatic carbocycles. The fourth-order valence-corrected chi connectivity index (χ4v) is 4.42. The normalized spacial score (nSPS) is 28.2. The quantitative estimate of drug-likeness (QED) is 0.280. The summed E-state index contributed by atoms with van der Waals surface area (Å²) in [4.78, 5) is 11.6. The van der Waals surface area contributed by atoms with Gasteiger partial charge in [0.2, 0.25) is 5.91 Å². The van der Waals surface area contributed by atoms with Crippen molar-refractivity contribution in [2.45, 2.75) is 70.2 Å². The smallest absolute Gasteiger partial charge is 0.217 e. The van der Waals surface area contributed by atoms with Crippen LogP contribution in [0, 0.1) is 0 Å². The molecule has 5 atom stereocenters. The Hall–Kier alpha value is -1.67. The molecule has 2 N–H and O–H groups in total. The van der Waals surface area contributed by atoms with E-state index in [1.54, 1.807) is 20.8 Å². The van der Waals surface area contributed by atoms with Crippen molar-refractivity contribution < 1.29 is 47.8 Å². The van der Waals surface area contributed by atoms with Gasteiger partial charge in [0, 0.05) is 6.92 Å². The minimum atomic E-state index is -1.26. The first-order valence-corrected chi connectivity index (χ1v) is 13.1. The van der Waals surface area contributed by atoms with E-state index in [-0.39, 0.29) is 12.5 Å². The molecule has 2 aliphatic rings. The molecule has 216 valence electrons. The standard InChI is InChI=1S/C27H43NO10/c1-20(29)28-22-23-24(37-26(2,3)36-23)27(4,38-25(22)30)19-35-17-15-33-13-11-31-10-12-32-14-16-34-18-21-8-6-5-7-9-21/h5-9,22-25,30H,10-19H2,1-4H3,(H,28,29)/t22-,23-,24-,25+,27-/m1/s1. The molecule has 1 aromatic rings. The maximum Gasteiger partial charge on any atom is 0.217 e. The van der Waals surface area contributed by atoms with Crippen LogP contribution in [-0.2, 0) is 49.3 Å². The van der Waals surface area contributed by atoms with E-state index in [0.717, 1.165) is 5.56 Å². The van der Waals surface area contributed by atoms with Crippen molar-refractivity contribution in [3.63, 3.8) is 0 Å². The Morgan fingerprint density at radius 1 is 0.842 bits per heavy atom. The van der Waals surface area contributed by atoms with Gasteiger partial charge in [0.05, 0.1) is 66.1 Å². The van der Waals surface area contributed by atoms with Crippen molar-refractivity contribution in [1.29, 1.82) is 0 Å². The van der Waals surface area contributed by atoms with Gasteiger partial charge in [0.15, 0.2) is 12.1 Å². The molecular weight excluding hydrogens is 498 g/mol. The van der Waals surface area contributed by atoms with Gasteiger partial charge in [0.1, 0.15) is 23.9 Å². The third-order valence-electron chi connectivity index (χ3n) is 6.14. The van der Waals surface area contributed by atoms with E-state index in [0.29, 0.717) is 59.5 Å². The van der Waals surface area contributed by atoms with Crippen LogP contribution in [-0.4, -0.2) is 106 Å². The number of aliphatic hydroxyl groups is 1. The molecule has 0 aromatic heterocycles. The van der Waals surface area contributed by atoms with Gasteiger partial charge in [-0.1, -0.05) is 30.3 Å². The summed E-state index contributed by atoms with van der Waals surface area (Å²) >= 11 is 0. The Kier molecular flexibility index (Phi) is 12.4. The molecule has 2 saturated heterocycles. The molecule has 0 aliphatic carbocycles. The van der Waals surface area contributed by atoms with Crippen LogP contribution >= 0.6 is 0 Å². The number of hydrogen-bond donors (Lipinski definition) is 2. The van der Waals surface area contributed by atoms with Crippen LogP contribution in [0.1, 0.15) is 33.3 Å². The summed E-state index contributed by atoms with van der Waals surface area (Å²) in [6.07, 6.45) is -2.37. The molecule has 0 unspecified atom stereocenters. The average Bonchev–Trinajstić information content (AvgIpc) is 3.21. The van der Waals surface area contributed by atoms with Gasteiger partial charge in [-0.25, -0.2) is 0 Å². The Morgan fingerprint density at radius 3 is 1.97 bits per heavy atom. The molecule has 11 nitrogen and oxygen atoms in total. The van der Waals surface area contributed by atoms with Crippen molar-refractivity contribution in [3.05, 3.63) is 35.9 Å². The number of nitrogens with one attached hydrogen (secondary N) is 1. The summed E-state index contributed by atoms with van der Waals surface area (Å²) in [5.41, 5.74) is 0.172. The molecule has 3 rings (SSSR count). The Balaban J connectivity index is 1.20. The minimum Gasteiger partial charge on any atom is -0.377 e. The molecule has 0 saturated carbocycles. The first-order valence-electron chi connectivity index (χ1n) is 13.1. The average molecular weight is 542 g/mol. The first-order chi connectivity index (χ1) is 18.2. The van der Waals surface area contributed by atoms with Crippen LogP contribution in [0.15, 0.2) is 30.3 Å². The predicted octanol–water partition coefficient (Wildman–Crippen LogP) is 1.40. The molecular formula is C27H43NO10. The number of aliphatic hydroxyl groups excluding tert-OH is 1. The number of hydrogen-bond acceptors (Lipinski definition) is 10. The van der Waals surface area contributed by atoms with E-state index >= 15 is 0 Å². The van der Waals surface area contributed by atoms with E-state index in [4.69, 9.17) is 37.9 Å². The summed E-state index contributed by atoms with van der Waals surface area (Å²) in [6.45, 7) is 11.1. The van der Waals surface area contributed by atoms with Crippen LogP contribution in [0.25, 0.3) is 0 Å². The molecule has 2 aliphatic heterocycles. The molecule has 2 fully saturated rings. The minimum absolute atomic E-state index is 0.156. The first kappa shape index (κ1) is 30.9. The van der Waals surface area contributed by atoms with Gasteiger partial charge in [0.25, 0.3) is 0 Å². The molecule has 0 radical (unpaired) electrons. The summed E-state index contributed by atoms with van der Waals surface area (Å²) in [6, 6.07) is 9.27. The van der Waals surface area contributed by atoms with Gasteiger partial charge in [-0.2, -0.15) is 0 Å².